The monoisotopic (exact) mass is 450 g/mol. The van der Waals surface area contributed by atoms with Crippen LogP contribution in [-0.2, 0) is 11.3 Å². The molecule has 1 aliphatic heterocycles. The van der Waals surface area contributed by atoms with E-state index >= 15 is 0 Å². The fraction of sp³-hybridized carbons (Fsp3) is 0.364. The lowest BCUT2D eigenvalue weighted by Crippen LogP contribution is -2.43. The maximum Gasteiger partial charge on any atom is 0.261 e. The molecule has 2 aromatic rings. The number of likely N-dealkylation sites (tertiary alicyclic amines) is 1. The zero-order valence-electron chi connectivity index (χ0n) is 16.9. The van der Waals surface area contributed by atoms with Gasteiger partial charge in [-0.2, -0.15) is 0 Å². The molecule has 0 aromatic heterocycles. The van der Waals surface area contributed by atoms with Crippen molar-refractivity contribution in [2.75, 3.05) is 27.3 Å². The van der Waals surface area contributed by atoms with Gasteiger partial charge in [0.05, 0.1) is 14.2 Å². The molecule has 0 atom stereocenters. The lowest BCUT2D eigenvalue weighted by molar-refractivity contribution is -0.126. The van der Waals surface area contributed by atoms with Crippen LogP contribution in [-0.4, -0.2) is 44.0 Å². The predicted octanol–water partition coefficient (Wildman–Crippen LogP) is 4.18. The molecule has 6 nitrogen and oxygen atoms in total. The number of piperidine rings is 1. The number of hydrogen-bond donors (Lipinski definition) is 1. The van der Waals surface area contributed by atoms with Crippen molar-refractivity contribution >= 4 is 35.0 Å². The first-order valence-electron chi connectivity index (χ1n) is 9.66. The maximum absolute atomic E-state index is 13.1. The summed E-state index contributed by atoms with van der Waals surface area (Å²) in [6.07, 6.45) is 1.17. The molecule has 30 heavy (non-hydrogen) atoms. The highest BCUT2D eigenvalue weighted by Crippen LogP contribution is 2.31. The molecule has 1 fully saturated rings. The normalized spacial score (nSPS) is 14.3. The number of carbonyl (C=O) groups excluding carboxylic acids is 2. The molecule has 2 amide bonds. The van der Waals surface area contributed by atoms with Crippen LogP contribution in [0.2, 0.25) is 10.0 Å². The summed E-state index contributed by atoms with van der Waals surface area (Å²) in [5, 5.41) is 4.01. The number of amides is 2. The Balaban J connectivity index is 1.58. The van der Waals surface area contributed by atoms with Gasteiger partial charge in [-0.05, 0) is 42.7 Å². The van der Waals surface area contributed by atoms with Gasteiger partial charge in [0.1, 0.15) is 17.1 Å². The van der Waals surface area contributed by atoms with E-state index in [0.29, 0.717) is 59.6 Å². The molecule has 3 rings (SSSR count). The number of rotatable bonds is 6. The minimum atomic E-state index is -0.156. The Morgan fingerprint density at radius 2 is 1.70 bits per heavy atom. The second-order valence-corrected chi connectivity index (χ2v) is 7.90. The van der Waals surface area contributed by atoms with Crippen molar-refractivity contribution in [1.29, 1.82) is 0 Å². The average molecular weight is 451 g/mol. The summed E-state index contributed by atoms with van der Waals surface area (Å²) < 4.78 is 10.7. The van der Waals surface area contributed by atoms with Gasteiger partial charge in [0.25, 0.3) is 5.91 Å². The van der Waals surface area contributed by atoms with E-state index in [9.17, 15) is 9.59 Å². The molecule has 0 radical (unpaired) electrons. The van der Waals surface area contributed by atoms with Gasteiger partial charge in [-0.1, -0.05) is 35.3 Å². The molecule has 0 bridgehead atoms. The fourth-order valence-electron chi connectivity index (χ4n) is 3.56. The molecule has 1 saturated heterocycles. The van der Waals surface area contributed by atoms with Crippen LogP contribution in [0.1, 0.15) is 28.8 Å². The van der Waals surface area contributed by atoms with Gasteiger partial charge in [0.15, 0.2) is 0 Å². The first-order valence-corrected chi connectivity index (χ1v) is 10.4. The number of nitrogens with one attached hydrogen (secondary N) is 1. The quantitative estimate of drug-likeness (QED) is 0.716. The van der Waals surface area contributed by atoms with E-state index in [-0.39, 0.29) is 17.7 Å². The molecule has 0 aliphatic carbocycles. The molecule has 0 spiro atoms. The molecule has 0 unspecified atom stereocenters. The minimum Gasteiger partial charge on any atom is -0.496 e. The zero-order chi connectivity index (χ0) is 21.7. The first-order chi connectivity index (χ1) is 14.4. The van der Waals surface area contributed by atoms with E-state index in [1.54, 1.807) is 41.3 Å². The van der Waals surface area contributed by atoms with Gasteiger partial charge in [-0.25, -0.2) is 0 Å². The molecule has 1 N–H and O–H groups in total. The van der Waals surface area contributed by atoms with Crippen molar-refractivity contribution < 1.29 is 19.1 Å². The number of nitrogens with zero attached hydrogens (tertiary/aromatic N) is 1. The summed E-state index contributed by atoms with van der Waals surface area (Å²) in [7, 11) is 3.05. The molecule has 0 saturated carbocycles. The second-order valence-electron chi connectivity index (χ2n) is 7.06. The highest BCUT2D eigenvalue weighted by Gasteiger charge is 2.30. The third kappa shape index (κ3) is 4.99. The van der Waals surface area contributed by atoms with Crippen LogP contribution in [0, 0.1) is 5.92 Å². The van der Waals surface area contributed by atoms with Crippen molar-refractivity contribution in [3.63, 3.8) is 0 Å². The summed E-state index contributed by atoms with van der Waals surface area (Å²) in [6.45, 7) is 1.31. The summed E-state index contributed by atoms with van der Waals surface area (Å²) in [5.74, 6) is 0.594. The molecule has 1 aliphatic rings. The average Bonchev–Trinajstić information content (AvgIpc) is 2.77. The summed E-state index contributed by atoms with van der Waals surface area (Å²) in [4.78, 5) is 27.4. The van der Waals surface area contributed by atoms with Crippen LogP contribution in [0.3, 0.4) is 0 Å². The molecule has 1 heterocycles. The van der Waals surface area contributed by atoms with Gasteiger partial charge in [0, 0.05) is 35.6 Å². The molecular weight excluding hydrogens is 427 g/mol. The maximum atomic E-state index is 13.1. The topological polar surface area (TPSA) is 67.9 Å². The summed E-state index contributed by atoms with van der Waals surface area (Å²) in [6, 6.07) is 10.4. The highest BCUT2D eigenvalue weighted by molar-refractivity contribution is 6.35. The van der Waals surface area contributed by atoms with Crippen molar-refractivity contribution in [3.05, 3.63) is 57.6 Å². The van der Waals surface area contributed by atoms with E-state index < -0.39 is 0 Å². The van der Waals surface area contributed by atoms with Crippen molar-refractivity contribution in [3.8, 4) is 11.5 Å². The smallest absolute Gasteiger partial charge is 0.261 e. The number of ether oxygens (including phenoxy) is 2. The van der Waals surface area contributed by atoms with Gasteiger partial charge in [-0.15, -0.1) is 0 Å². The lowest BCUT2D eigenvalue weighted by atomic mass is 9.95. The largest absolute Gasteiger partial charge is 0.496 e. The summed E-state index contributed by atoms with van der Waals surface area (Å²) >= 11 is 12.1. The van der Waals surface area contributed by atoms with E-state index in [0.717, 1.165) is 5.56 Å². The molecule has 8 heteroatoms. The molecule has 2 aromatic carbocycles. The molecule has 160 valence electrons. The summed E-state index contributed by atoms with van der Waals surface area (Å²) in [5.41, 5.74) is 1.22. The van der Waals surface area contributed by atoms with Crippen molar-refractivity contribution in [2.45, 2.75) is 19.4 Å². The van der Waals surface area contributed by atoms with Crippen LogP contribution in [0.25, 0.3) is 0 Å². The van der Waals surface area contributed by atoms with Gasteiger partial charge in [0.2, 0.25) is 5.91 Å². The Bertz CT molecular complexity index is 905. The van der Waals surface area contributed by atoms with Crippen molar-refractivity contribution in [1.82, 2.24) is 10.2 Å². The number of hydrogen-bond acceptors (Lipinski definition) is 4. The van der Waals surface area contributed by atoms with E-state index in [1.807, 2.05) is 0 Å². The van der Waals surface area contributed by atoms with Crippen molar-refractivity contribution in [2.24, 2.45) is 5.92 Å². The standard InChI is InChI=1S/C22H24Cl2N2O4/c1-29-18-4-3-5-19(30-2)20(18)22(28)26-10-8-14(9-11-26)21(27)25-13-15-6-7-16(23)12-17(15)24/h3-7,12,14H,8-11,13H2,1-2H3,(H,25,27). The van der Waals surface area contributed by atoms with E-state index in [1.165, 1.54) is 14.2 Å². The Kier molecular flexibility index (Phi) is 7.45. The zero-order valence-corrected chi connectivity index (χ0v) is 18.4. The van der Waals surface area contributed by atoms with Crippen LogP contribution in [0.15, 0.2) is 36.4 Å². The number of halogens is 2. The fourth-order valence-corrected chi connectivity index (χ4v) is 4.03. The van der Waals surface area contributed by atoms with E-state index in [2.05, 4.69) is 5.32 Å². The number of benzene rings is 2. The predicted molar refractivity (Wildman–Crippen MR) is 116 cm³/mol. The Hall–Kier alpha value is -2.44. The van der Waals surface area contributed by atoms with Crippen LogP contribution in [0.5, 0.6) is 11.5 Å². The van der Waals surface area contributed by atoms with Gasteiger partial charge < -0.3 is 19.7 Å². The Morgan fingerprint density at radius 1 is 1.07 bits per heavy atom. The molecular formula is C22H24Cl2N2O4. The van der Waals surface area contributed by atoms with Crippen LogP contribution in [0.4, 0.5) is 0 Å². The lowest BCUT2D eigenvalue weighted by Gasteiger charge is -2.32. The minimum absolute atomic E-state index is 0.0389. The van der Waals surface area contributed by atoms with Gasteiger partial charge >= 0.3 is 0 Å². The highest BCUT2D eigenvalue weighted by atomic mass is 35.5. The second kappa shape index (κ2) is 10.0. The van der Waals surface area contributed by atoms with Crippen LogP contribution >= 0.6 is 23.2 Å². The SMILES string of the molecule is COc1cccc(OC)c1C(=O)N1CCC(C(=O)NCc2ccc(Cl)cc2Cl)CC1. The van der Waals surface area contributed by atoms with Gasteiger partial charge in [-0.3, -0.25) is 9.59 Å². The first kappa shape index (κ1) is 22.2. The third-order valence-electron chi connectivity index (χ3n) is 5.26. The number of carbonyl (C=O) groups is 2. The Morgan fingerprint density at radius 3 is 2.27 bits per heavy atom. The third-order valence-corrected chi connectivity index (χ3v) is 5.85. The Labute approximate surface area is 186 Å². The van der Waals surface area contributed by atoms with Crippen LogP contribution < -0.4 is 14.8 Å². The van der Waals surface area contributed by atoms with E-state index in [4.69, 9.17) is 32.7 Å². The number of methoxy groups -OCH3 is 2.